The molecule has 2 N–H and O–H groups in total. The molecule has 1 amide bonds. The topological polar surface area (TPSA) is 114 Å². The van der Waals surface area contributed by atoms with E-state index in [9.17, 15) is 4.79 Å². The van der Waals surface area contributed by atoms with Crippen LogP contribution >= 0.6 is 11.3 Å². The summed E-state index contributed by atoms with van der Waals surface area (Å²) in [5.41, 5.74) is 0. The first-order valence-electron chi connectivity index (χ1n) is 5.71. The number of amides is 1. The van der Waals surface area contributed by atoms with Crippen molar-refractivity contribution in [2.45, 2.75) is 13.5 Å². The third-order valence-corrected chi connectivity index (χ3v) is 3.19. The molecule has 0 aromatic carbocycles. The third kappa shape index (κ3) is 2.69. The molecule has 0 fully saturated rings. The average Bonchev–Trinajstić information content (AvgIpc) is 3.10. The minimum atomic E-state index is -0.320. The molecule has 0 saturated carbocycles. The zero-order valence-corrected chi connectivity index (χ0v) is 11.3. The average molecular weight is 290 g/mol. The zero-order chi connectivity index (χ0) is 13.9. The van der Waals surface area contributed by atoms with Crippen LogP contribution in [-0.4, -0.2) is 41.3 Å². The number of aryl methyl sites for hydroxylation is 1. The highest BCUT2D eigenvalue weighted by molar-refractivity contribution is 7.13. The summed E-state index contributed by atoms with van der Waals surface area (Å²) in [6, 6.07) is 3.79. The van der Waals surface area contributed by atoms with Crippen molar-refractivity contribution in [2.75, 3.05) is 5.32 Å². The van der Waals surface area contributed by atoms with Crippen LogP contribution in [0.4, 0.5) is 5.95 Å². The number of nitrogens with zero attached hydrogens (tertiary/aromatic N) is 6. The number of rotatable bonds is 4. The van der Waals surface area contributed by atoms with E-state index >= 15 is 0 Å². The van der Waals surface area contributed by atoms with E-state index in [1.54, 1.807) is 6.92 Å². The molecular formula is C10H10N8OS. The molecule has 0 aliphatic rings. The van der Waals surface area contributed by atoms with Gasteiger partial charge >= 0.3 is 0 Å². The van der Waals surface area contributed by atoms with E-state index in [0.29, 0.717) is 11.6 Å². The molecule has 0 atom stereocenters. The Bertz CT molecular complexity index is 715. The fraction of sp³-hybridized carbons (Fsp3) is 0.200. The van der Waals surface area contributed by atoms with Crippen molar-refractivity contribution in [2.24, 2.45) is 0 Å². The Hall–Kier alpha value is -2.62. The van der Waals surface area contributed by atoms with Crippen molar-refractivity contribution in [1.29, 1.82) is 0 Å². The fourth-order valence-electron chi connectivity index (χ4n) is 1.51. The summed E-state index contributed by atoms with van der Waals surface area (Å²) in [4.78, 5) is 17.9. The van der Waals surface area contributed by atoms with Gasteiger partial charge in [-0.15, -0.1) is 26.6 Å². The van der Waals surface area contributed by atoms with Gasteiger partial charge in [0.15, 0.2) is 0 Å². The van der Waals surface area contributed by atoms with Crippen LogP contribution in [0.25, 0.3) is 10.7 Å². The van der Waals surface area contributed by atoms with Crippen molar-refractivity contribution in [3.8, 4) is 10.7 Å². The molecule has 0 unspecified atom stereocenters. The minimum Gasteiger partial charge on any atom is -0.292 e. The van der Waals surface area contributed by atoms with E-state index in [-0.39, 0.29) is 18.4 Å². The molecule has 3 aromatic rings. The lowest BCUT2D eigenvalue weighted by molar-refractivity contribution is -0.117. The maximum absolute atomic E-state index is 11.8. The second-order valence-corrected chi connectivity index (χ2v) is 4.86. The molecule has 102 valence electrons. The molecule has 0 saturated heterocycles. The monoisotopic (exact) mass is 290 g/mol. The van der Waals surface area contributed by atoms with Gasteiger partial charge in [0.1, 0.15) is 12.4 Å². The molecule has 10 heteroatoms. The largest absolute Gasteiger partial charge is 0.292 e. The molecule has 0 aliphatic heterocycles. The van der Waals surface area contributed by atoms with Crippen LogP contribution in [0.15, 0.2) is 17.5 Å². The number of carbonyl (C=O) groups is 1. The molecule has 3 heterocycles. The van der Waals surface area contributed by atoms with Gasteiger partial charge in [0, 0.05) is 0 Å². The second-order valence-electron chi connectivity index (χ2n) is 3.91. The second kappa shape index (κ2) is 5.17. The van der Waals surface area contributed by atoms with Gasteiger partial charge in [0.2, 0.25) is 17.7 Å². The molecule has 20 heavy (non-hydrogen) atoms. The zero-order valence-electron chi connectivity index (χ0n) is 10.4. The van der Waals surface area contributed by atoms with Crippen LogP contribution in [0.2, 0.25) is 0 Å². The van der Waals surface area contributed by atoms with Crippen LogP contribution in [0.3, 0.4) is 0 Å². The number of carbonyl (C=O) groups excluding carboxylic acids is 1. The molecule has 0 aliphatic carbocycles. The number of aromatic nitrogens is 7. The van der Waals surface area contributed by atoms with Gasteiger partial charge in [-0.3, -0.25) is 15.2 Å². The van der Waals surface area contributed by atoms with Crippen LogP contribution in [0.5, 0.6) is 0 Å². The van der Waals surface area contributed by atoms with Crippen molar-refractivity contribution in [1.82, 2.24) is 35.4 Å². The summed E-state index contributed by atoms with van der Waals surface area (Å²) in [5, 5.41) is 22.8. The Morgan fingerprint density at radius 1 is 1.55 bits per heavy atom. The summed E-state index contributed by atoms with van der Waals surface area (Å²) in [7, 11) is 0. The van der Waals surface area contributed by atoms with Crippen LogP contribution in [0.1, 0.15) is 5.82 Å². The molecule has 3 aromatic heterocycles. The number of hydrogen-bond acceptors (Lipinski definition) is 7. The number of tetrazole rings is 1. The smallest absolute Gasteiger partial charge is 0.250 e. The number of nitrogens with one attached hydrogen (secondary N) is 2. The Morgan fingerprint density at radius 2 is 2.45 bits per heavy atom. The summed E-state index contributed by atoms with van der Waals surface area (Å²) >= 11 is 1.51. The first-order valence-corrected chi connectivity index (χ1v) is 6.59. The highest BCUT2D eigenvalue weighted by Gasteiger charge is 2.11. The van der Waals surface area contributed by atoms with Gasteiger partial charge < -0.3 is 0 Å². The first kappa shape index (κ1) is 12.4. The standard InChI is InChI=1S/C10H10N8OS/c1-6-11-10(15-13-6)12-8(19)5-18-16-9(14-17-18)7-3-2-4-20-7/h2-4H,5H2,1H3,(H2,11,12,13,15,19). The van der Waals surface area contributed by atoms with Crippen molar-refractivity contribution in [3.63, 3.8) is 0 Å². The quantitative estimate of drug-likeness (QED) is 0.721. The summed E-state index contributed by atoms with van der Waals surface area (Å²) in [6.07, 6.45) is 0. The number of hydrogen-bond donors (Lipinski definition) is 2. The molecule has 0 bridgehead atoms. The van der Waals surface area contributed by atoms with E-state index in [1.165, 1.54) is 16.1 Å². The normalized spacial score (nSPS) is 10.7. The Labute approximate surface area is 117 Å². The van der Waals surface area contributed by atoms with Gasteiger partial charge in [-0.2, -0.15) is 9.78 Å². The maximum atomic E-state index is 11.8. The summed E-state index contributed by atoms with van der Waals surface area (Å²) < 4.78 is 0. The summed E-state index contributed by atoms with van der Waals surface area (Å²) in [6.45, 7) is 1.70. The van der Waals surface area contributed by atoms with Crippen molar-refractivity contribution >= 4 is 23.2 Å². The van der Waals surface area contributed by atoms with Crippen LogP contribution in [-0.2, 0) is 11.3 Å². The predicted molar refractivity (Wildman–Crippen MR) is 70.9 cm³/mol. The van der Waals surface area contributed by atoms with Gasteiger partial charge in [0.25, 0.3) is 0 Å². The Morgan fingerprint density at radius 3 is 3.15 bits per heavy atom. The number of aromatic amines is 1. The van der Waals surface area contributed by atoms with E-state index in [4.69, 9.17) is 0 Å². The number of H-pyrrole nitrogens is 1. The lowest BCUT2D eigenvalue weighted by atomic mass is 10.5. The molecule has 3 rings (SSSR count). The van der Waals surface area contributed by atoms with Gasteiger partial charge in [-0.05, 0) is 23.6 Å². The third-order valence-electron chi connectivity index (χ3n) is 2.33. The summed E-state index contributed by atoms with van der Waals surface area (Å²) in [5.74, 6) is 1.03. The first-order chi connectivity index (χ1) is 9.70. The van der Waals surface area contributed by atoms with Gasteiger partial charge in [-0.25, -0.2) is 0 Å². The maximum Gasteiger partial charge on any atom is 0.250 e. The van der Waals surface area contributed by atoms with Crippen molar-refractivity contribution < 1.29 is 4.79 Å². The number of anilines is 1. The van der Waals surface area contributed by atoms with Crippen LogP contribution in [0, 0.1) is 6.92 Å². The van der Waals surface area contributed by atoms with E-state index in [2.05, 4.69) is 35.9 Å². The molecule has 0 radical (unpaired) electrons. The van der Waals surface area contributed by atoms with Gasteiger partial charge in [0.05, 0.1) is 4.88 Å². The van der Waals surface area contributed by atoms with Crippen molar-refractivity contribution in [3.05, 3.63) is 23.3 Å². The Kier molecular flexibility index (Phi) is 3.21. The van der Waals surface area contributed by atoms with Crippen LogP contribution < -0.4 is 5.32 Å². The highest BCUT2D eigenvalue weighted by Crippen LogP contribution is 2.19. The van der Waals surface area contributed by atoms with E-state index < -0.39 is 0 Å². The lowest BCUT2D eigenvalue weighted by Gasteiger charge is -1.98. The van der Waals surface area contributed by atoms with E-state index in [1.807, 2.05) is 17.5 Å². The molecular weight excluding hydrogens is 280 g/mol. The minimum absolute atomic E-state index is 0.0496. The predicted octanol–water partition coefficient (Wildman–Crippen LogP) is 0.467. The lowest BCUT2D eigenvalue weighted by Crippen LogP contribution is -2.21. The molecule has 9 nitrogen and oxygen atoms in total. The van der Waals surface area contributed by atoms with Gasteiger partial charge in [-0.1, -0.05) is 6.07 Å². The number of thiophene rings is 1. The fourth-order valence-corrected chi connectivity index (χ4v) is 2.15. The van der Waals surface area contributed by atoms with E-state index in [0.717, 1.165) is 4.88 Å². The highest BCUT2D eigenvalue weighted by atomic mass is 32.1. The molecule has 0 spiro atoms. The Balaban J connectivity index is 1.64. The SMILES string of the molecule is Cc1nc(NC(=O)Cn2nnc(-c3cccs3)n2)n[nH]1.